The molecule has 0 aromatic heterocycles. The van der Waals surface area contributed by atoms with Crippen molar-refractivity contribution in [3.05, 3.63) is 24.3 Å². The van der Waals surface area contributed by atoms with Crippen LogP contribution in [0.1, 0.15) is 162 Å². The Morgan fingerprint density at radius 2 is 1.00 bits per heavy atom. The maximum Gasteiger partial charge on any atom is 0.469 e. The van der Waals surface area contributed by atoms with Crippen LogP contribution in [-0.2, 0) is 28.2 Å². The molecular formula is C34H63O8P. The van der Waals surface area contributed by atoms with E-state index in [-0.39, 0.29) is 19.4 Å². The van der Waals surface area contributed by atoms with E-state index < -0.39 is 32.5 Å². The number of esters is 2. The van der Waals surface area contributed by atoms with Crippen molar-refractivity contribution in [1.82, 2.24) is 0 Å². The molecule has 0 aliphatic heterocycles. The molecule has 0 spiro atoms. The van der Waals surface area contributed by atoms with Crippen LogP contribution in [0.15, 0.2) is 24.3 Å². The van der Waals surface area contributed by atoms with E-state index in [1.807, 2.05) is 0 Å². The van der Waals surface area contributed by atoms with Crippen molar-refractivity contribution in [3.63, 3.8) is 0 Å². The van der Waals surface area contributed by atoms with E-state index >= 15 is 0 Å². The molecule has 0 aromatic rings. The molecule has 43 heavy (non-hydrogen) atoms. The molecule has 2 N–H and O–H groups in total. The Morgan fingerprint density at radius 3 is 1.49 bits per heavy atom. The van der Waals surface area contributed by atoms with Gasteiger partial charge in [0.25, 0.3) is 0 Å². The fraction of sp³-hybridized carbons (Fsp3) is 0.824. The Balaban J connectivity index is 4.03. The SMILES string of the molecule is CCCC/C=C/CCCCCCCC(=O)OC[C@H](COP(=O)(O)O)OC(=O)CCCCCCC/C=C/CCCCCCC. The van der Waals surface area contributed by atoms with Gasteiger partial charge in [-0.1, -0.05) is 115 Å². The molecule has 252 valence electrons. The van der Waals surface area contributed by atoms with E-state index in [4.69, 9.17) is 19.3 Å². The number of phosphoric acid groups is 1. The van der Waals surface area contributed by atoms with E-state index in [2.05, 4.69) is 42.7 Å². The van der Waals surface area contributed by atoms with E-state index in [9.17, 15) is 14.2 Å². The van der Waals surface area contributed by atoms with E-state index in [1.165, 1.54) is 51.4 Å². The first-order valence-electron chi connectivity index (χ1n) is 17.1. The van der Waals surface area contributed by atoms with Crippen LogP contribution in [-0.4, -0.2) is 41.0 Å². The fourth-order valence-electron chi connectivity index (χ4n) is 4.58. The smallest absolute Gasteiger partial charge is 0.462 e. The van der Waals surface area contributed by atoms with Gasteiger partial charge in [-0.2, -0.15) is 0 Å². The number of allylic oxidation sites excluding steroid dienone is 4. The fourth-order valence-corrected chi connectivity index (χ4v) is 4.94. The molecule has 8 nitrogen and oxygen atoms in total. The Labute approximate surface area is 262 Å². The third-order valence-corrected chi connectivity index (χ3v) is 7.68. The summed E-state index contributed by atoms with van der Waals surface area (Å²) in [7, 11) is -4.74. The summed E-state index contributed by atoms with van der Waals surface area (Å²) in [5.41, 5.74) is 0. The highest BCUT2D eigenvalue weighted by Crippen LogP contribution is 2.35. The molecule has 0 saturated heterocycles. The van der Waals surface area contributed by atoms with Gasteiger partial charge in [-0.3, -0.25) is 14.1 Å². The van der Waals surface area contributed by atoms with Gasteiger partial charge >= 0.3 is 19.8 Å². The molecule has 0 rings (SSSR count). The first kappa shape index (κ1) is 41.5. The van der Waals surface area contributed by atoms with E-state index in [1.54, 1.807) is 0 Å². The molecular weight excluding hydrogens is 567 g/mol. The van der Waals surface area contributed by atoms with Crippen molar-refractivity contribution in [3.8, 4) is 0 Å². The van der Waals surface area contributed by atoms with Crippen LogP contribution < -0.4 is 0 Å². The summed E-state index contributed by atoms with van der Waals surface area (Å²) in [4.78, 5) is 42.5. The summed E-state index contributed by atoms with van der Waals surface area (Å²) in [6.07, 6.45) is 31.9. The minimum Gasteiger partial charge on any atom is -0.462 e. The van der Waals surface area contributed by atoms with Crippen molar-refractivity contribution in [2.75, 3.05) is 13.2 Å². The number of unbranched alkanes of at least 4 members (excludes halogenated alkanes) is 17. The number of carbonyl (C=O) groups is 2. The summed E-state index contributed by atoms with van der Waals surface area (Å²) in [6, 6.07) is 0. The summed E-state index contributed by atoms with van der Waals surface area (Å²) >= 11 is 0. The van der Waals surface area contributed by atoms with Gasteiger partial charge in [0.05, 0.1) is 6.61 Å². The molecule has 0 amide bonds. The van der Waals surface area contributed by atoms with Gasteiger partial charge < -0.3 is 19.3 Å². The third-order valence-electron chi connectivity index (χ3n) is 7.19. The molecule has 0 fully saturated rings. The topological polar surface area (TPSA) is 119 Å². The molecule has 9 heteroatoms. The zero-order valence-electron chi connectivity index (χ0n) is 27.4. The molecule has 0 radical (unpaired) electrons. The largest absolute Gasteiger partial charge is 0.469 e. The second-order valence-electron chi connectivity index (χ2n) is 11.5. The Bertz CT molecular complexity index is 761. The second kappa shape index (κ2) is 30.6. The lowest BCUT2D eigenvalue weighted by Crippen LogP contribution is -2.29. The van der Waals surface area contributed by atoms with Gasteiger partial charge in [0.1, 0.15) is 6.61 Å². The lowest BCUT2D eigenvalue weighted by atomic mass is 10.1. The Morgan fingerprint density at radius 1 is 0.581 bits per heavy atom. The average molecular weight is 631 g/mol. The molecule has 0 unspecified atom stereocenters. The lowest BCUT2D eigenvalue weighted by Gasteiger charge is -2.18. The van der Waals surface area contributed by atoms with Crippen molar-refractivity contribution in [2.24, 2.45) is 0 Å². The molecule has 0 aliphatic rings. The van der Waals surface area contributed by atoms with Gasteiger partial charge in [0.15, 0.2) is 6.10 Å². The predicted octanol–water partition coefficient (Wildman–Crippen LogP) is 9.68. The quantitative estimate of drug-likeness (QED) is 0.0336. The van der Waals surface area contributed by atoms with Gasteiger partial charge in [0, 0.05) is 12.8 Å². The first-order chi connectivity index (χ1) is 20.8. The first-order valence-corrected chi connectivity index (χ1v) is 18.7. The number of carbonyl (C=O) groups excluding carboxylic acids is 2. The third kappa shape index (κ3) is 33.3. The lowest BCUT2D eigenvalue weighted by molar-refractivity contribution is -0.161. The summed E-state index contributed by atoms with van der Waals surface area (Å²) in [5.74, 6) is -0.907. The summed E-state index contributed by atoms with van der Waals surface area (Å²) in [5, 5.41) is 0. The Hall–Kier alpha value is -1.47. The van der Waals surface area contributed by atoms with Crippen molar-refractivity contribution >= 4 is 19.8 Å². The number of phosphoric ester groups is 1. The maximum atomic E-state index is 12.3. The van der Waals surface area contributed by atoms with Crippen molar-refractivity contribution in [1.29, 1.82) is 0 Å². The van der Waals surface area contributed by atoms with Crippen molar-refractivity contribution < 1.29 is 37.9 Å². The minimum absolute atomic E-state index is 0.201. The Kier molecular flexibility index (Phi) is 29.5. The molecule has 1 atom stereocenters. The van der Waals surface area contributed by atoms with Gasteiger partial charge in [-0.15, -0.1) is 0 Å². The van der Waals surface area contributed by atoms with Crippen LogP contribution in [0, 0.1) is 0 Å². The van der Waals surface area contributed by atoms with Crippen molar-refractivity contribution in [2.45, 2.75) is 168 Å². The highest BCUT2D eigenvalue weighted by molar-refractivity contribution is 7.46. The number of ether oxygens (including phenoxy) is 2. The van der Waals surface area contributed by atoms with Crippen LogP contribution in [0.2, 0.25) is 0 Å². The molecule has 0 aromatic carbocycles. The van der Waals surface area contributed by atoms with E-state index in [0.29, 0.717) is 12.8 Å². The normalized spacial score (nSPS) is 12.7. The monoisotopic (exact) mass is 630 g/mol. The van der Waals surface area contributed by atoms with Crippen LogP contribution in [0.5, 0.6) is 0 Å². The molecule has 0 heterocycles. The van der Waals surface area contributed by atoms with Crippen LogP contribution >= 0.6 is 7.82 Å². The van der Waals surface area contributed by atoms with Crippen LogP contribution in [0.3, 0.4) is 0 Å². The zero-order valence-corrected chi connectivity index (χ0v) is 28.2. The van der Waals surface area contributed by atoms with Gasteiger partial charge in [-0.05, 0) is 57.8 Å². The highest BCUT2D eigenvalue weighted by atomic mass is 31.2. The van der Waals surface area contributed by atoms with E-state index in [0.717, 1.165) is 70.6 Å². The summed E-state index contributed by atoms with van der Waals surface area (Å²) < 4.78 is 26.2. The van der Waals surface area contributed by atoms with Gasteiger partial charge in [-0.25, -0.2) is 4.57 Å². The molecule has 0 bridgehead atoms. The van der Waals surface area contributed by atoms with Crippen LogP contribution in [0.25, 0.3) is 0 Å². The second-order valence-corrected chi connectivity index (χ2v) is 12.7. The summed E-state index contributed by atoms with van der Waals surface area (Å²) in [6.45, 7) is 3.60. The van der Waals surface area contributed by atoms with Gasteiger partial charge in [0.2, 0.25) is 0 Å². The highest BCUT2D eigenvalue weighted by Gasteiger charge is 2.22. The predicted molar refractivity (Wildman–Crippen MR) is 175 cm³/mol. The molecule has 0 aliphatic carbocycles. The maximum absolute atomic E-state index is 12.3. The zero-order chi connectivity index (χ0) is 31.9. The molecule has 0 saturated carbocycles. The standard InChI is InChI=1S/C34H63O8P/c1-3-5-7-9-11-13-15-16-17-19-21-23-25-27-29-34(36)42-32(31-41-43(37,38)39)30-40-33(35)28-26-24-22-20-18-14-12-10-8-6-4-2/h10,12,15-16,32H,3-9,11,13-14,17-31H2,1-2H3,(H2,37,38,39)/b12-10+,16-15+/t32-/m1/s1. The van der Waals surface area contributed by atoms with Crippen LogP contribution in [0.4, 0.5) is 0 Å². The average Bonchev–Trinajstić information content (AvgIpc) is 2.97. The number of hydrogen-bond acceptors (Lipinski definition) is 6. The minimum atomic E-state index is -4.74. The number of hydrogen-bond donors (Lipinski definition) is 2. The number of rotatable bonds is 31.